The van der Waals surface area contributed by atoms with Crippen LogP contribution in [0, 0.1) is 24.6 Å². The molecule has 0 aliphatic heterocycles. The van der Waals surface area contributed by atoms with Crippen molar-refractivity contribution >= 4 is 0 Å². The predicted molar refractivity (Wildman–Crippen MR) is 91.7 cm³/mol. The Morgan fingerprint density at radius 3 is 2.15 bits per heavy atom. The topological polar surface area (TPSA) is 65.7 Å². The largest absolute Gasteiger partial charge is 0.421 e. The predicted octanol–water partition coefficient (Wildman–Crippen LogP) is 3.63. The zero-order valence-corrected chi connectivity index (χ0v) is 16.5. The van der Waals surface area contributed by atoms with Gasteiger partial charge in [-0.3, -0.25) is 18.9 Å². The fourth-order valence-electron chi connectivity index (χ4n) is 2.07. The van der Waals surface area contributed by atoms with Crippen LogP contribution >= 0.6 is 0 Å². The summed E-state index contributed by atoms with van der Waals surface area (Å²) >= 11 is 0. The summed E-state index contributed by atoms with van der Waals surface area (Å²) in [6.45, 7) is 1.80. The van der Waals surface area contributed by atoms with E-state index in [9.17, 15) is 8.78 Å². The molecule has 0 saturated carbocycles. The molecule has 0 N–H and O–H groups in total. The molecule has 1 aromatic carbocycles. The molecule has 4 aromatic rings. The summed E-state index contributed by atoms with van der Waals surface area (Å²) in [4.78, 5) is 12.1. The number of halogens is 2. The van der Waals surface area contributed by atoms with Gasteiger partial charge in [-0.1, -0.05) is 29.8 Å². The Bertz CT molecular complexity index is 978. The Morgan fingerprint density at radius 2 is 1.63 bits per heavy atom. The minimum Gasteiger partial charge on any atom is -0.421 e. The number of rotatable bonds is 2. The molecule has 0 unspecified atom stereocenters. The van der Waals surface area contributed by atoms with Gasteiger partial charge in [0.05, 0.1) is 5.69 Å². The molecule has 0 saturated heterocycles. The van der Waals surface area contributed by atoms with Crippen molar-refractivity contribution < 1.29 is 28.9 Å². The van der Waals surface area contributed by atoms with Gasteiger partial charge in [-0.2, -0.15) is 0 Å². The van der Waals surface area contributed by atoms with Gasteiger partial charge in [0.15, 0.2) is 0 Å². The van der Waals surface area contributed by atoms with E-state index in [2.05, 4.69) is 31.2 Å². The third-order valence-corrected chi connectivity index (χ3v) is 3.23. The Kier molecular flexibility index (Phi) is 7.40. The Balaban J connectivity index is 0.000000189. The zero-order valence-electron chi connectivity index (χ0n) is 14.1. The summed E-state index contributed by atoms with van der Waals surface area (Å²) in [5.41, 5.74) is 1.40. The zero-order chi connectivity index (χ0) is 18.4. The molecule has 0 aliphatic rings. The molecule has 139 valence electrons. The van der Waals surface area contributed by atoms with E-state index in [1.54, 1.807) is 37.5 Å². The molecule has 0 aliphatic carbocycles. The van der Waals surface area contributed by atoms with Crippen LogP contribution in [-0.4, -0.2) is 20.1 Å². The van der Waals surface area contributed by atoms with Crippen LogP contribution in [0.1, 0.15) is 5.82 Å². The van der Waals surface area contributed by atoms with Crippen LogP contribution < -0.4 is 5.10 Å². The summed E-state index contributed by atoms with van der Waals surface area (Å²) in [7, 11) is 0. The second kappa shape index (κ2) is 9.75. The summed E-state index contributed by atoms with van der Waals surface area (Å²) in [6, 6.07) is 15.1. The second-order valence-electron chi connectivity index (χ2n) is 5.15. The normalized spacial score (nSPS) is 9.74. The first-order valence-electron chi connectivity index (χ1n) is 7.67. The van der Waals surface area contributed by atoms with E-state index in [4.69, 9.17) is 0 Å². The Labute approximate surface area is 168 Å². The van der Waals surface area contributed by atoms with Crippen LogP contribution in [-0.2, 0) is 20.1 Å². The van der Waals surface area contributed by atoms with Gasteiger partial charge in [-0.25, -0.2) is 0 Å². The first kappa shape index (κ1) is 20.5. The van der Waals surface area contributed by atoms with Gasteiger partial charge in [0.25, 0.3) is 0 Å². The third-order valence-electron chi connectivity index (χ3n) is 3.23. The number of nitrogens with zero attached hydrogens (tertiary/aromatic N) is 5. The van der Waals surface area contributed by atoms with E-state index in [-0.39, 0.29) is 25.7 Å². The minimum atomic E-state index is -0.649. The average Bonchev–Trinajstić information content (AvgIpc) is 3.10. The van der Waals surface area contributed by atoms with Crippen LogP contribution in [0.4, 0.5) is 8.78 Å². The van der Waals surface area contributed by atoms with Crippen molar-refractivity contribution in [1.29, 1.82) is 0 Å². The molecule has 3 heterocycles. The van der Waals surface area contributed by atoms with Gasteiger partial charge in [0, 0.05) is 50.0 Å². The Hall–Kier alpha value is -2.83. The molecule has 0 amide bonds. The molecule has 4 rings (SSSR count). The Morgan fingerprint density at radius 1 is 0.963 bits per heavy atom. The van der Waals surface area contributed by atoms with Crippen molar-refractivity contribution in [3.8, 4) is 22.8 Å². The SMILES string of the molecule is Cc1n[n-]c(-c2ccccn2)n1.Fc1c[c-]c(-c2ccccn2)c(F)c1.[Ir]. The smallest absolute Gasteiger partial charge is 0.0634 e. The van der Waals surface area contributed by atoms with Gasteiger partial charge < -0.3 is 15.1 Å². The monoisotopic (exact) mass is 542 g/mol. The fraction of sp³-hybridized carbons (Fsp3) is 0.0526. The molecule has 3 aromatic heterocycles. The van der Waals surface area contributed by atoms with Crippen LogP contribution in [0.25, 0.3) is 22.8 Å². The third kappa shape index (κ3) is 5.57. The molecule has 27 heavy (non-hydrogen) atoms. The number of hydrogen-bond acceptors (Lipinski definition) is 4. The van der Waals surface area contributed by atoms with Crippen LogP contribution in [0.15, 0.2) is 60.9 Å². The van der Waals surface area contributed by atoms with Crippen molar-refractivity contribution in [1.82, 2.24) is 25.1 Å². The molecule has 8 heteroatoms. The first-order valence-corrected chi connectivity index (χ1v) is 7.67. The van der Waals surface area contributed by atoms with Gasteiger partial charge in [0.2, 0.25) is 0 Å². The van der Waals surface area contributed by atoms with E-state index in [1.165, 1.54) is 0 Å². The average molecular weight is 542 g/mol. The summed E-state index contributed by atoms with van der Waals surface area (Å²) < 4.78 is 25.8. The van der Waals surface area contributed by atoms with Crippen molar-refractivity contribution in [3.63, 3.8) is 0 Å². The van der Waals surface area contributed by atoms with Crippen molar-refractivity contribution in [3.05, 3.63) is 84.4 Å². The summed E-state index contributed by atoms with van der Waals surface area (Å²) in [5.74, 6) is -0.0189. The molecule has 1 radical (unpaired) electrons. The van der Waals surface area contributed by atoms with E-state index in [0.717, 1.165) is 17.8 Å². The maximum absolute atomic E-state index is 13.2. The maximum Gasteiger partial charge on any atom is 0.0634 e. The van der Waals surface area contributed by atoms with Crippen LogP contribution in [0.2, 0.25) is 0 Å². The van der Waals surface area contributed by atoms with Crippen LogP contribution in [0.5, 0.6) is 0 Å². The van der Waals surface area contributed by atoms with E-state index < -0.39 is 11.6 Å². The number of aryl methyl sites for hydroxylation is 1. The molecule has 5 nitrogen and oxygen atoms in total. The number of pyridine rings is 2. The second-order valence-corrected chi connectivity index (χ2v) is 5.15. The quantitative estimate of drug-likeness (QED) is 0.363. The van der Waals surface area contributed by atoms with E-state index >= 15 is 0 Å². The molecule has 0 atom stereocenters. The molecule has 0 fully saturated rings. The fourth-order valence-corrected chi connectivity index (χ4v) is 2.07. The maximum atomic E-state index is 13.2. The molecular formula is C19H13F2IrN5-2. The van der Waals surface area contributed by atoms with Crippen molar-refractivity contribution in [2.45, 2.75) is 6.92 Å². The standard InChI is InChI=1S/C11H6F2N.C8H7N4.Ir/c12-8-4-5-9(10(13)7-8)11-3-1-2-6-14-11;1-6-10-8(12-11-6)7-4-2-3-5-9-7;/h1-4,6-7H;2-5H,1H3;/q2*-1;. The van der Waals surface area contributed by atoms with Gasteiger partial charge in [-0.05, 0) is 36.6 Å². The number of benzene rings is 1. The van der Waals surface area contributed by atoms with E-state index in [1.807, 2.05) is 18.2 Å². The van der Waals surface area contributed by atoms with Crippen molar-refractivity contribution in [2.24, 2.45) is 0 Å². The number of aromatic nitrogens is 5. The summed E-state index contributed by atoms with van der Waals surface area (Å²) in [5, 5.41) is 7.65. The minimum absolute atomic E-state index is 0. The van der Waals surface area contributed by atoms with Gasteiger partial charge >= 0.3 is 0 Å². The van der Waals surface area contributed by atoms with E-state index in [0.29, 0.717) is 17.3 Å². The van der Waals surface area contributed by atoms with Crippen molar-refractivity contribution in [2.75, 3.05) is 0 Å². The molecule has 0 spiro atoms. The van der Waals surface area contributed by atoms with Crippen LogP contribution in [0.3, 0.4) is 0 Å². The van der Waals surface area contributed by atoms with Gasteiger partial charge in [-0.15, -0.1) is 12.1 Å². The number of hydrogen-bond donors (Lipinski definition) is 0. The molecular weight excluding hydrogens is 528 g/mol. The van der Waals surface area contributed by atoms with Gasteiger partial charge in [0.1, 0.15) is 0 Å². The molecule has 0 bridgehead atoms. The summed E-state index contributed by atoms with van der Waals surface area (Å²) in [6.07, 6.45) is 3.26. The first-order chi connectivity index (χ1) is 12.6.